The number of aromatic nitrogens is 1. The van der Waals surface area contributed by atoms with Crippen molar-refractivity contribution in [2.75, 3.05) is 23.0 Å². The molecule has 0 radical (unpaired) electrons. The molecule has 0 saturated heterocycles. The fourth-order valence-electron chi connectivity index (χ4n) is 2.65. The van der Waals surface area contributed by atoms with Crippen LogP contribution in [0.25, 0.3) is 11.1 Å². The van der Waals surface area contributed by atoms with Gasteiger partial charge in [-0.1, -0.05) is 28.7 Å². The predicted octanol–water partition coefficient (Wildman–Crippen LogP) is 3.47. The van der Waals surface area contributed by atoms with Gasteiger partial charge >= 0.3 is 0 Å². The van der Waals surface area contributed by atoms with Crippen molar-refractivity contribution in [3.8, 4) is 16.9 Å². The number of carbonyl (C=O) groups is 1. The van der Waals surface area contributed by atoms with Crippen LogP contribution in [0.15, 0.2) is 36.7 Å². The first kappa shape index (κ1) is 15.3. The Kier molecular flexibility index (Phi) is 4.61. The minimum atomic E-state index is 0.177. The number of anilines is 1. The van der Waals surface area contributed by atoms with Crippen LogP contribution in [0.3, 0.4) is 0 Å². The third-order valence-electron chi connectivity index (χ3n) is 3.82. The van der Waals surface area contributed by atoms with Gasteiger partial charge in [-0.05, 0) is 35.7 Å². The molecular weight excluding hydrogens is 391 g/mol. The zero-order valence-corrected chi connectivity index (χ0v) is 14.5. The molecule has 4 nitrogen and oxygen atoms in total. The van der Waals surface area contributed by atoms with Crippen molar-refractivity contribution in [3.05, 3.63) is 42.2 Å². The topological polar surface area (TPSA) is 42.4 Å². The van der Waals surface area contributed by atoms with Crippen LogP contribution in [-0.4, -0.2) is 29.0 Å². The van der Waals surface area contributed by atoms with E-state index < -0.39 is 0 Å². The van der Waals surface area contributed by atoms with E-state index in [0.29, 0.717) is 13.0 Å². The van der Waals surface area contributed by atoms with Crippen LogP contribution < -0.4 is 9.64 Å². The van der Waals surface area contributed by atoms with E-state index in [1.807, 2.05) is 31.4 Å². The van der Waals surface area contributed by atoms with Gasteiger partial charge in [0, 0.05) is 35.3 Å². The maximum Gasteiger partial charge on any atom is 0.227 e. The number of pyridine rings is 1. The van der Waals surface area contributed by atoms with Gasteiger partial charge in [-0.3, -0.25) is 9.78 Å². The highest BCUT2D eigenvalue weighted by Gasteiger charge is 2.20. The zero-order valence-electron chi connectivity index (χ0n) is 12.4. The third kappa shape index (κ3) is 3.09. The van der Waals surface area contributed by atoms with Gasteiger partial charge in [-0.2, -0.15) is 0 Å². The number of hydrogen-bond donors (Lipinski definition) is 0. The standard InChI is InChI=1S/C17H17IN2O2/c1-20-16-4-2-12(8-13(16)3-5-17(20)21)14-9-15(11-19-10-14)22-7-6-18/h2,4,8-11H,3,5-7H2,1H3. The Balaban J connectivity index is 1.91. The first-order valence-electron chi connectivity index (χ1n) is 7.22. The smallest absolute Gasteiger partial charge is 0.227 e. The SMILES string of the molecule is CN1C(=O)CCc2cc(-c3cncc(OCCI)c3)ccc21. The fourth-order valence-corrected chi connectivity index (χ4v) is 2.87. The molecule has 1 aromatic carbocycles. The molecule has 1 aromatic heterocycles. The summed E-state index contributed by atoms with van der Waals surface area (Å²) in [4.78, 5) is 17.8. The van der Waals surface area contributed by atoms with E-state index in [-0.39, 0.29) is 5.91 Å². The lowest BCUT2D eigenvalue weighted by atomic mass is 9.97. The average molecular weight is 408 g/mol. The van der Waals surface area contributed by atoms with Crippen molar-refractivity contribution in [2.45, 2.75) is 12.8 Å². The molecule has 0 bridgehead atoms. The predicted molar refractivity (Wildman–Crippen MR) is 95.8 cm³/mol. The van der Waals surface area contributed by atoms with Crippen molar-refractivity contribution in [2.24, 2.45) is 0 Å². The van der Waals surface area contributed by atoms with Crippen molar-refractivity contribution in [1.82, 2.24) is 4.98 Å². The number of nitrogens with zero attached hydrogens (tertiary/aromatic N) is 2. The first-order chi connectivity index (χ1) is 10.7. The van der Waals surface area contributed by atoms with Crippen LogP contribution in [0.5, 0.6) is 5.75 Å². The van der Waals surface area contributed by atoms with Crippen LogP contribution >= 0.6 is 22.6 Å². The van der Waals surface area contributed by atoms with E-state index >= 15 is 0 Å². The molecule has 0 aliphatic carbocycles. The number of aryl methyl sites for hydroxylation is 1. The molecule has 114 valence electrons. The maximum absolute atomic E-state index is 11.8. The molecule has 2 aromatic rings. The van der Waals surface area contributed by atoms with Crippen molar-refractivity contribution in [1.29, 1.82) is 0 Å². The van der Waals surface area contributed by atoms with Crippen LogP contribution in [0.2, 0.25) is 0 Å². The van der Waals surface area contributed by atoms with Crippen LogP contribution in [-0.2, 0) is 11.2 Å². The summed E-state index contributed by atoms with van der Waals surface area (Å²) in [6.07, 6.45) is 4.95. The number of rotatable bonds is 4. The Morgan fingerprint density at radius 3 is 2.91 bits per heavy atom. The fraction of sp³-hybridized carbons (Fsp3) is 0.294. The number of ether oxygens (including phenoxy) is 1. The average Bonchev–Trinajstić information content (AvgIpc) is 2.56. The van der Waals surface area contributed by atoms with Gasteiger partial charge in [-0.15, -0.1) is 0 Å². The Morgan fingerprint density at radius 1 is 1.23 bits per heavy atom. The van der Waals surface area contributed by atoms with Crippen LogP contribution in [0.4, 0.5) is 5.69 Å². The third-order valence-corrected chi connectivity index (χ3v) is 4.26. The largest absolute Gasteiger partial charge is 0.491 e. The molecular formula is C17H17IN2O2. The molecule has 3 rings (SSSR count). The Bertz CT molecular complexity index is 703. The summed E-state index contributed by atoms with van der Waals surface area (Å²) in [5, 5.41) is 0. The van der Waals surface area contributed by atoms with Gasteiger partial charge in [0.05, 0.1) is 12.8 Å². The quantitative estimate of drug-likeness (QED) is 0.575. The lowest BCUT2D eigenvalue weighted by molar-refractivity contribution is -0.118. The van der Waals surface area contributed by atoms with Gasteiger partial charge in [0.2, 0.25) is 5.91 Å². The molecule has 0 spiro atoms. The molecule has 0 N–H and O–H groups in total. The normalized spacial score (nSPS) is 13.9. The molecule has 22 heavy (non-hydrogen) atoms. The highest BCUT2D eigenvalue weighted by Crippen LogP contribution is 2.32. The number of benzene rings is 1. The summed E-state index contributed by atoms with van der Waals surface area (Å²) >= 11 is 2.28. The molecule has 1 amide bonds. The van der Waals surface area contributed by atoms with E-state index in [1.54, 1.807) is 11.1 Å². The number of hydrogen-bond acceptors (Lipinski definition) is 3. The second-order valence-corrected chi connectivity index (χ2v) is 6.32. The Hall–Kier alpha value is -1.63. The number of alkyl halides is 1. The van der Waals surface area contributed by atoms with Crippen molar-refractivity contribution >= 4 is 34.2 Å². The number of amides is 1. The number of carbonyl (C=O) groups excluding carboxylic acids is 1. The van der Waals surface area contributed by atoms with E-state index in [4.69, 9.17) is 4.74 Å². The van der Waals surface area contributed by atoms with Crippen LogP contribution in [0.1, 0.15) is 12.0 Å². The van der Waals surface area contributed by atoms with Gasteiger partial charge in [-0.25, -0.2) is 0 Å². The summed E-state index contributed by atoms with van der Waals surface area (Å²) in [5.41, 5.74) is 4.35. The maximum atomic E-state index is 11.8. The molecule has 1 aliphatic heterocycles. The first-order valence-corrected chi connectivity index (χ1v) is 8.75. The molecule has 0 atom stereocenters. The van der Waals surface area contributed by atoms with E-state index in [1.165, 1.54) is 5.56 Å². The summed E-state index contributed by atoms with van der Waals surface area (Å²) in [6.45, 7) is 0.683. The summed E-state index contributed by atoms with van der Waals surface area (Å²) in [7, 11) is 1.83. The number of fused-ring (bicyclic) bond motifs is 1. The lowest BCUT2D eigenvalue weighted by Crippen LogP contribution is -2.30. The monoisotopic (exact) mass is 408 g/mol. The summed E-state index contributed by atoms with van der Waals surface area (Å²) in [5.74, 6) is 0.968. The second-order valence-electron chi connectivity index (χ2n) is 5.24. The minimum Gasteiger partial charge on any atom is -0.491 e. The highest BCUT2D eigenvalue weighted by atomic mass is 127. The van der Waals surface area contributed by atoms with E-state index in [2.05, 4.69) is 33.6 Å². The van der Waals surface area contributed by atoms with Gasteiger partial charge in [0.15, 0.2) is 0 Å². The van der Waals surface area contributed by atoms with Gasteiger partial charge in [0.1, 0.15) is 5.75 Å². The van der Waals surface area contributed by atoms with Crippen molar-refractivity contribution < 1.29 is 9.53 Å². The van der Waals surface area contributed by atoms with E-state index in [0.717, 1.165) is 33.4 Å². The van der Waals surface area contributed by atoms with Gasteiger partial charge in [0.25, 0.3) is 0 Å². The highest BCUT2D eigenvalue weighted by molar-refractivity contribution is 14.1. The van der Waals surface area contributed by atoms with E-state index in [9.17, 15) is 4.79 Å². The minimum absolute atomic E-state index is 0.177. The lowest BCUT2D eigenvalue weighted by Gasteiger charge is -2.26. The second kappa shape index (κ2) is 6.64. The Morgan fingerprint density at radius 2 is 2.09 bits per heavy atom. The molecule has 0 saturated carbocycles. The molecule has 5 heteroatoms. The van der Waals surface area contributed by atoms with Crippen molar-refractivity contribution in [3.63, 3.8) is 0 Å². The van der Waals surface area contributed by atoms with Crippen LogP contribution in [0, 0.1) is 0 Å². The zero-order chi connectivity index (χ0) is 15.5. The summed E-state index contributed by atoms with van der Waals surface area (Å²) < 4.78 is 6.58. The number of halogens is 1. The molecule has 0 fully saturated rings. The summed E-state index contributed by atoms with van der Waals surface area (Å²) in [6, 6.07) is 8.21. The molecule has 0 unspecified atom stereocenters. The Labute approximate surface area is 143 Å². The molecule has 2 heterocycles. The van der Waals surface area contributed by atoms with Gasteiger partial charge < -0.3 is 9.64 Å². The molecule has 1 aliphatic rings.